The molecule has 0 bridgehead atoms. The van der Waals surface area contributed by atoms with Crippen molar-refractivity contribution in [3.63, 3.8) is 0 Å². The quantitative estimate of drug-likeness (QED) is 0.905. The van der Waals surface area contributed by atoms with Gasteiger partial charge in [-0.05, 0) is 30.5 Å². The van der Waals surface area contributed by atoms with Crippen LogP contribution < -0.4 is 4.74 Å². The van der Waals surface area contributed by atoms with E-state index in [1.54, 1.807) is 7.11 Å². The van der Waals surface area contributed by atoms with E-state index < -0.39 is 11.9 Å². The molecule has 0 aromatic heterocycles. The van der Waals surface area contributed by atoms with Crippen LogP contribution in [0.25, 0.3) is 0 Å². The molecule has 0 aliphatic heterocycles. The molecule has 104 valence electrons. The number of hydrogen-bond acceptors (Lipinski definition) is 2. The topological polar surface area (TPSA) is 46.5 Å². The average molecular weight is 270 g/mol. The maximum atomic E-state index is 11.5. The summed E-state index contributed by atoms with van der Waals surface area (Å²) in [5, 5.41) is 9.48. The van der Waals surface area contributed by atoms with Crippen LogP contribution >= 0.6 is 0 Å². The molecule has 0 saturated heterocycles. The van der Waals surface area contributed by atoms with E-state index in [9.17, 15) is 9.90 Å². The molecular weight excluding hydrogens is 252 g/mol. The van der Waals surface area contributed by atoms with E-state index in [0.29, 0.717) is 6.42 Å². The van der Waals surface area contributed by atoms with Gasteiger partial charge < -0.3 is 9.84 Å². The molecule has 0 aliphatic carbocycles. The summed E-state index contributed by atoms with van der Waals surface area (Å²) < 4.78 is 5.29. The lowest BCUT2D eigenvalue weighted by Crippen LogP contribution is -2.15. The first-order valence-electron chi connectivity index (χ1n) is 6.53. The number of carboxylic acid groups (broad SMARTS) is 1. The fraction of sp³-hybridized carbons (Fsp3) is 0.235. The highest BCUT2D eigenvalue weighted by Crippen LogP contribution is 2.27. The molecule has 2 aromatic carbocycles. The molecule has 1 unspecified atom stereocenters. The van der Waals surface area contributed by atoms with Crippen LogP contribution in [-0.4, -0.2) is 18.2 Å². The van der Waals surface area contributed by atoms with Gasteiger partial charge in [-0.15, -0.1) is 0 Å². The van der Waals surface area contributed by atoms with Gasteiger partial charge >= 0.3 is 5.97 Å². The Morgan fingerprint density at radius 1 is 1.15 bits per heavy atom. The number of aryl methyl sites for hydroxylation is 1. The summed E-state index contributed by atoms with van der Waals surface area (Å²) in [7, 11) is 1.60. The molecule has 1 atom stereocenters. The highest BCUT2D eigenvalue weighted by atomic mass is 16.5. The molecule has 0 fully saturated rings. The van der Waals surface area contributed by atoms with Gasteiger partial charge in [-0.3, -0.25) is 4.79 Å². The Kier molecular flexibility index (Phi) is 4.41. The molecule has 0 saturated carbocycles. The maximum absolute atomic E-state index is 11.5. The Balaban J connectivity index is 2.30. The minimum absolute atomic E-state index is 0.419. The van der Waals surface area contributed by atoms with E-state index >= 15 is 0 Å². The van der Waals surface area contributed by atoms with E-state index in [1.165, 1.54) is 0 Å². The lowest BCUT2D eigenvalue weighted by Gasteiger charge is -2.15. The first-order valence-corrected chi connectivity index (χ1v) is 6.53. The van der Waals surface area contributed by atoms with Gasteiger partial charge in [-0.25, -0.2) is 0 Å². The minimum atomic E-state index is -0.820. The number of carboxylic acids is 1. The van der Waals surface area contributed by atoms with Crippen molar-refractivity contribution < 1.29 is 14.6 Å². The summed E-state index contributed by atoms with van der Waals surface area (Å²) in [6.07, 6.45) is 0.419. The second-order valence-electron chi connectivity index (χ2n) is 4.82. The van der Waals surface area contributed by atoms with Crippen molar-refractivity contribution >= 4 is 5.97 Å². The highest BCUT2D eigenvalue weighted by Gasteiger charge is 2.21. The molecule has 2 rings (SSSR count). The largest absolute Gasteiger partial charge is 0.496 e. The van der Waals surface area contributed by atoms with E-state index in [1.807, 2.05) is 55.5 Å². The number of benzene rings is 2. The van der Waals surface area contributed by atoms with Crippen LogP contribution in [0.2, 0.25) is 0 Å². The summed E-state index contributed by atoms with van der Waals surface area (Å²) in [5.74, 6) is -0.655. The predicted molar refractivity (Wildman–Crippen MR) is 78.3 cm³/mol. The summed E-state index contributed by atoms with van der Waals surface area (Å²) in [5.41, 5.74) is 2.84. The zero-order valence-electron chi connectivity index (χ0n) is 11.7. The van der Waals surface area contributed by atoms with Gasteiger partial charge in [0.2, 0.25) is 0 Å². The smallest absolute Gasteiger partial charge is 0.311 e. The van der Waals surface area contributed by atoms with Gasteiger partial charge in [-0.2, -0.15) is 0 Å². The Hall–Kier alpha value is -2.29. The van der Waals surface area contributed by atoms with Crippen molar-refractivity contribution in [2.45, 2.75) is 19.3 Å². The average Bonchev–Trinajstić information content (AvgIpc) is 2.46. The van der Waals surface area contributed by atoms with Crippen LogP contribution in [0.4, 0.5) is 0 Å². The third-order valence-corrected chi connectivity index (χ3v) is 3.39. The van der Waals surface area contributed by atoms with Gasteiger partial charge in [0, 0.05) is 0 Å². The van der Waals surface area contributed by atoms with Crippen LogP contribution in [0.1, 0.15) is 22.6 Å². The second kappa shape index (κ2) is 6.24. The summed E-state index contributed by atoms with van der Waals surface area (Å²) in [6.45, 7) is 1.99. The van der Waals surface area contributed by atoms with E-state index in [-0.39, 0.29) is 0 Å². The fourth-order valence-electron chi connectivity index (χ4n) is 2.24. The van der Waals surface area contributed by atoms with E-state index in [2.05, 4.69) is 0 Å². The Labute approximate surface area is 118 Å². The Bertz CT molecular complexity index is 587. The number of hydrogen-bond donors (Lipinski definition) is 1. The van der Waals surface area contributed by atoms with Crippen molar-refractivity contribution in [3.8, 4) is 5.75 Å². The van der Waals surface area contributed by atoms with Crippen LogP contribution in [0, 0.1) is 6.92 Å². The van der Waals surface area contributed by atoms with E-state index in [0.717, 1.165) is 22.4 Å². The zero-order chi connectivity index (χ0) is 14.5. The van der Waals surface area contributed by atoms with Gasteiger partial charge in [0.15, 0.2) is 0 Å². The third-order valence-electron chi connectivity index (χ3n) is 3.39. The van der Waals surface area contributed by atoms with Gasteiger partial charge in [0.25, 0.3) is 0 Å². The number of rotatable bonds is 5. The molecule has 0 aliphatic rings. The third kappa shape index (κ3) is 3.18. The van der Waals surface area contributed by atoms with Gasteiger partial charge in [-0.1, -0.05) is 48.0 Å². The molecular formula is C17H18O3. The number of ether oxygens (including phenoxy) is 1. The van der Waals surface area contributed by atoms with Crippen molar-refractivity contribution in [2.75, 3.05) is 7.11 Å². The lowest BCUT2D eigenvalue weighted by molar-refractivity contribution is -0.138. The van der Waals surface area contributed by atoms with Crippen molar-refractivity contribution in [1.82, 2.24) is 0 Å². The summed E-state index contributed by atoms with van der Waals surface area (Å²) in [6, 6.07) is 15.2. The number of methoxy groups -OCH3 is 1. The fourth-order valence-corrected chi connectivity index (χ4v) is 2.24. The van der Waals surface area contributed by atoms with Crippen LogP contribution in [-0.2, 0) is 11.2 Å². The number of para-hydroxylation sites is 1. The summed E-state index contributed by atoms with van der Waals surface area (Å²) in [4.78, 5) is 11.5. The van der Waals surface area contributed by atoms with Gasteiger partial charge in [0.05, 0.1) is 13.0 Å². The highest BCUT2D eigenvalue weighted by molar-refractivity contribution is 5.76. The minimum Gasteiger partial charge on any atom is -0.496 e. The summed E-state index contributed by atoms with van der Waals surface area (Å²) >= 11 is 0. The van der Waals surface area contributed by atoms with Crippen LogP contribution in [0.3, 0.4) is 0 Å². The maximum Gasteiger partial charge on any atom is 0.311 e. The molecule has 3 heteroatoms. The number of aliphatic carboxylic acids is 1. The van der Waals surface area contributed by atoms with Crippen LogP contribution in [0.5, 0.6) is 5.75 Å². The molecule has 3 nitrogen and oxygen atoms in total. The Morgan fingerprint density at radius 2 is 1.80 bits per heavy atom. The first kappa shape index (κ1) is 14.1. The normalized spacial score (nSPS) is 11.9. The molecule has 0 heterocycles. The SMILES string of the molecule is COc1ccccc1CC(C(=O)O)c1ccc(C)cc1. The Morgan fingerprint density at radius 3 is 2.40 bits per heavy atom. The van der Waals surface area contributed by atoms with Crippen molar-refractivity contribution in [3.05, 3.63) is 65.2 Å². The molecule has 0 spiro atoms. The molecule has 0 amide bonds. The predicted octanol–water partition coefficient (Wildman–Crippen LogP) is 3.41. The zero-order valence-corrected chi connectivity index (χ0v) is 11.7. The number of carbonyl (C=O) groups is 1. The first-order chi connectivity index (χ1) is 9.61. The van der Waals surface area contributed by atoms with Gasteiger partial charge in [0.1, 0.15) is 5.75 Å². The lowest BCUT2D eigenvalue weighted by atomic mass is 9.91. The van der Waals surface area contributed by atoms with Crippen LogP contribution in [0.15, 0.2) is 48.5 Å². The molecule has 1 N–H and O–H groups in total. The monoisotopic (exact) mass is 270 g/mol. The molecule has 0 radical (unpaired) electrons. The van der Waals surface area contributed by atoms with E-state index in [4.69, 9.17) is 4.74 Å². The van der Waals surface area contributed by atoms with Crippen molar-refractivity contribution in [2.24, 2.45) is 0 Å². The molecule has 2 aromatic rings. The standard InChI is InChI=1S/C17H18O3/c1-12-7-9-13(10-8-12)15(17(18)19)11-14-5-3-4-6-16(14)20-2/h3-10,15H,11H2,1-2H3,(H,18,19). The van der Waals surface area contributed by atoms with Crippen molar-refractivity contribution in [1.29, 1.82) is 0 Å². The second-order valence-corrected chi connectivity index (χ2v) is 4.82. The molecule has 20 heavy (non-hydrogen) atoms.